The Morgan fingerprint density at radius 3 is 2.72 bits per heavy atom. The zero-order chi connectivity index (χ0) is 17.4. The second-order valence-electron chi connectivity index (χ2n) is 6.09. The van der Waals surface area contributed by atoms with Gasteiger partial charge in [0.1, 0.15) is 11.6 Å². The van der Waals surface area contributed by atoms with Crippen LogP contribution in [-0.2, 0) is 0 Å². The van der Waals surface area contributed by atoms with Crippen molar-refractivity contribution in [2.75, 3.05) is 5.73 Å². The molecule has 6 nitrogen and oxygen atoms in total. The zero-order valence-corrected chi connectivity index (χ0v) is 13.3. The SMILES string of the molecule is Nc1ncc(-c2cn[nH]c2)cc1-c1ccc(C(=O)NC2CC2)c(F)c1. The van der Waals surface area contributed by atoms with Gasteiger partial charge in [-0.3, -0.25) is 9.89 Å². The van der Waals surface area contributed by atoms with E-state index in [0.717, 1.165) is 24.0 Å². The Labute approximate surface area is 143 Å². The summed E-state index contributed by atoms with van der Waals surface area (Å²) in [6.07, 6.45) is 6.95. The van der Waals surface area contributed by atoms with Gasteiger partial charge in [0.15, 0.2) is 0 Å². The number of carbonyl (C=O) groups excluding carboxylic acids is 1. The molecule has 0 bridgehead atoms. The van der Waals surface area contributed by atoms with E-state index < -0.39 is 5.82 Å². The second-order valence-corrected chi connectivity index (χ2v) is 6.09. The number of rotatable bonds is 4. The van der Waals surface area contributed by atoms with Crippen LogP contribution in [-0.4, -0.2) is 27.1 Å². The molecular formula is C18H16FN5O. The molecule has 1 saturated carbocycles. The summed E-state index contributed by atoms with van der Waals surface area (Å²) in [4.78, 5) is 16.2. The smallest absolute Gasteiger partial charge is 0.254 e. The minimum atomic E-state index is -0.580. The highest BCUT2D eigenvalue weighted by Gasteiger charge is 2.25. The third-order valence-corrected chi connectivity index (χ3v) is 4.19. The molecule has 1 aliphatic rings. The Kier molecular flexibility index (Phi) is 3.68. The summed E-state index contributed by atoms with van der Waals surface area (Å²) >= 11 is 0. The number of pyridine rings is 1. The number of nitrogens with two attached hydrogens (primary N) is 1. The molecule has 4 rings (SSSR count). The van der Waals surface area contributed by atoms with Gasteiger partial charge in [-0.05, 0) is 36.6 Å². The van der Waals surface area contributed by atoms with Crippen molar-refractivity contribution >= 4 is 11.7 Å². The first-order valence-corrected chi connectivity index (χ1v) is 7.97. The van der Waals surface area contributed by atoms with Gasteiger partial charge in [-0.25, -0.2) is 9.37 Å². The van der Waals surface area contributed by atoms with E-state index in [9.17, 15) is 9.18 Å². The maximum absolute atomic E-state index is 14.4. The monoisotopic (exact) mass is 337 g/mol. The number of halogens is 1. The van der Waals surface area contributed by atoms with Gasteiger partial charge in [0.25, 0.3) is 5.91 Å². The van der Waals surface area contributed by atoms with Crippen LogP contribution in [0.2, 0.25) is 0 Å². The number of aromatic nitrogens is 3. The van der Waals surface area contributed by atoms with E-state index >= 15 is 0 Å². The van der Waals surface area contributed by atoms with Gasteiger partial charge in [-0.1, -0.05) is 6.07 Å². The molecule has 4 N–H and O–H groups in total. The normalized spacial score (nSPS) is 13.6. The first kappa shape index (κ1) is 15.3. The van der Waals surface area contributed by atoms with Gasteiger partial charge in [-0.15, -0.1) is 0 Å². The standard InChI is InChI=1S/C18H16FN5O/c19-16-6-10(1-4-14(16)18(25)24-13-2-3-13)15-5-11(7-21-17(15)20)12-8-22-23-9-12/h1,4-9,13H,2-3H2,(H2,20,21)(H,22,23)(H,24,25). The van der Waals surface area contributed by atoms with Crippen molar-refractivity contribution < 1.29 is 9.18 Å². The third-order valence-electron chi connectivity index (χ3n) is 4.19. The van der Waals surface area contributed by atoms with Crippen LogP contribution in [0.3, 0.4) is 0 Å². The van der Waals surface area contributed by atoms with E-state index in [2.05, 4.69) is 20.5 Å². The minimum Gasteiger partial charge on any atom is -0.383 e. The van der Waals surface area contributed by atoms with Crippen molar-refractivity contribution in [2.24, 2.45) is 0 Å². The molecule has 2 aromatic heterocycles. The van der Waals surface area contributed by atoms with Crippen LogP contribution < -0.4 is 11.1 Å². The van der Waals surface area contributed by atoms with Crippen LogP contribution in [0.4, 0.5) is 10.2 Å². The largest absolute Gasteiger partial charge is 0.383 e. The average molecular weight is 337 g/mol. The molecule has 7 heteroatoms. The zero-order valence-electron chi connectivity index (χ0n) is 13.3. The number of nitrogens with zero attached hydrogens (tertiary/aromatic N) is 2. The first-order valence-electron chi connectivity index (χ1n) is 7.97. The Hall–Kier alpha value is -3.22. The summed E-state index contributed by atoms with van der Waals surface area (Å²) in [5, 5.41) is 9.43. The number of nitrogen functional groups attached to an aromatic ring is 1. The fourth-order valence-electron chi connectivity index (χ4n) is 2.63. The average Bonchev–Trinajstić information content (AvgIpc) is 3.24. The number of H-pyrrole nitrogens is 1. The molecule has 3 aromatic rings. The second kappa shape index (κ2) is 6.01. The molecule has 0 atom stereocenters. The van der Waals surface area contributed by atoms with Gasteiger partial charge < -0.3 is 11.1 Å². The van der Waals surface area contributed by atoms with Gasteiger partial charge in [0.05, 0.1) is 11.8 Å². The Morgan fingerprint density at radius 2 is 2.04 bits per heavy atom. The summed E-state index contributed by atoms with van der Waals surface area (Å²) in [5.74, 6) is -0.671. The first-order chi connectivity index (χ1) is 12.1. The molecule has 0 radical (unpaired) electrons. The van der Waals surface area contributed by atoms with Crippen molar-refractivity contribution in [3.8, 4) is 22.3 Å². The van der Waals surface area contributed by atoms with Crippen molar-refractivity contribution in [1.82, 2.24) is 20.5 Å². The van der Waals surface area contributed by atoms with Crippen LogP contribution in [0.25, 0.3) is 22.3 Å². The number of anilines is 1. The summed E-state index contributed by atoms with van der Waals surface area (Å²) in [6, 6.07) is 6.47. The van der Waals surface area contributed by atoms with Gasteiger partial charge in [0, 0.05) is 35.1 Å². The summed E-state index contributed by atoms with van der Waals surface area (Å²) in [7, 11) is 0. The molecule has 0 unspecified atom stereocenters. The van der Waals surface area contributed by atoms with Gasteiger partial charge >= 0.3 is 0 Å². The van der Waals surface area contributed by atoms with Crippen LogP contribution in [0, 0.1) is 5.82 Å². The molecule has 1 aromatic carbocycles. The van der Waals surface area contributed by atoms with E-state index in [1.54, 1.807) is 24.7 Å². The summed E-state index contributed by atoms with van der Waals surface area (Å²) in [5.41, 5.74) is 8.84. The number of hydrogen-bond acceptors (Lipinski definition) is 4. The molecule has 2 heterocycles. The van der Waals surface area contributed by atoms with E-state index in [1.165, 1.54) is 12.1 Å². The number of hydrogen-bond donors (Lipinski definition) is 3. The molecule has 25 heavy (non-hydrogen) atoms. The third kappa shape index (κ3) is 3.08. The topological polar surface area (TPSA) is 96.7 Å². The number of nitrogens with one attached hydrogen (secondary N) is 2. The van der Waals surface area contributed by atoms with E-state index in [-0.39, 0.29) is 17.5 Å². The molecular weight excluding hydrogens is 321 g/mol. The predicted molar refractivity (Wildman–Crippen MR) is 92.1 cm³/mol. The molecule has 0 aliphatic heterocycles. The molecule has 0 spiro atoms. The fraction of sp³-hybridized carbons (Fsp3) is 0.167. The predicted octanol–water partition coefficient (Wildman–Crippen LogP) is 2.75. The van der Waals surface area contributed by atoms with Crippen LogP contribution in [0.1, 0.15) is 23.2 Å². The molecule has 1 amide bonds. The lowest BCUT2D eigenvalue weighted by Crippen LogP contribution is -2.26. The maximum Gasteiger partial charge on any atom is 0.254 e. The lowest BCUT2D eigenvalue weighted by Gasteiger charge is -2.10. The lowest BCUT2D eigenvalue weighted by atomic mass is 10.0. The Morgan fingerprint density at radius 1 is 1.20 bits per heavy atom. The highest BCUT2D eigenvalue weighted by atomic mass is 19.1. The van der Waals surface area contributed by atoms with Crippen molar-refractivity contribution in [2.45, 2.75) is 18.9 Å². The molecule has 0 saturated heterocycles. The Bertz CT molecular complexity index is 935. The molecule has 1 aliphatic carbocycles. The molecule has 126 valence electrons. The van der Waals surface area contributed by atoms with Crippen molar-refractivity contribution in [3.05, 3.63) is 54.2 Å². The van der Waals surface area contributed by atoms with E-state index in [0.29, 0.717) is 16.9 Å². The highest BCUT2D eigenvalue weighted by Crippen LogP contribution is 2.30. The van der Waals surface area contributed by atoms with Gasteiger partial charge in [-0.2, -0.15) is 5.10 Å². The number of aromatic amines is 1. The van der Waals surface area contributed by atoms with Crippen molar-refractivity contribution in [1.29, 1.82) is 0 Å². The van der Waals surface area contributed by atoms with Crippen molar-refractivity contribution in [3.63, 3.8) is 0 Å². The summed E-state index contributed by atoms with van der Waals surface area (Å²) in [6.45, 7) is 0. The highest BCUT2D eigenvalue weighted by molar-refractivity contribution is 5.95. The Balaban J connectivity index is 1.68. The number of benzene rings is 1. The van der Waals surface area contributed by atoms with Crippen LogP contribution in [0.15, 0.2) is 42.9 Å². The quantitative estimate of drug-likeness (QED) is 0.682. The lowest BCUT2D eigenvalue weighted by molar-refractivity contribution is 0.0947. The van der Waals surface area contributed by atoms with Crippen LogP contribution in [0.5, 0.6) is 0 Å². The molecule has 1 fully saturated rings. The van der Waals surface area contributed by atoms with E-state index in [4.69, 9.17) is 5.73 Å². The van der Waals surface area contributed by atoms with Gasteiger partial charge in [0.2, 0.25) is 0 Å². The maximum atomic E-state index is 14.4. The number of carbonyl (C=O) groups is 1. The fourth-order valence-corrected chi connectivity index (χ4v) is 2.63. The number of amides is 1. The summed E-state index contributed by atoms with van der Waals surface area (Å²) < 4.78 is 14.4. The van der Waals surface area contributed by atoms with Crippen LogP contribution >= 0.6 is 0 Å². The minimum absolute atomic E-state index is 0.0353. The van der Waals surface area contributed by atoms with E-state index in [1.807, 2.05) is 6.07 Å².